The van der Waals surface area contributed by atoms with Crippen molar-refractivity contribution in [3.8, 4) is 11.5 Å². The van der Waals surface area contributed by atoms with E-state index in [0.29, 0.717) is 27.4 Å². The summed E-state index contributed by atoms with van der Waals surface area (Å²) in [4.78, 5) is 16.8. The van der Waals surface area contributed by atoms with E-state index >= 15 is 0 Å². The molecule has 4 nitrogen and oxygen atoms in total. The second kappa shape index (κ2) is 7.28. The number of oxazole rings is 1. The van der Waals surface area contributed by atoms with Gasteiger partial charge in [-0.05, 0) is 71.1 Å². The first-order chi connectivity index (χ1) is 13.0. The minimum Gasteiger partial charge on any atom is -0.436 e. The lowest BCUT2D eigenvalue weighted by molar-refractivity contribution is 0.102. The molecule has 0 aliphatic heterocycles. The lowest BCUT2D eigenvalue weighted by Gasteiger charge is -2.07. The highest BCUT2D eigenvalue weighted by atomic mass is 127. The number of benzene rings is 3. The van der Waals surface area contributed by atoms with Gasteiger partial charge in [0.05, 0.1) is 16.1 Å². The molecule has 134 valence electrons. The normalized spacial score (nSPS) is 10.9. The Kier molecular flexibility index (Phi) is 4.84. The van der Waals surface area contributed by atoms with Gasteiger partial charge in [-0.3, -0.25) is 4.79 Å². The number of nitrogens with zero attached hydrogens (tertiary/aromatic N) is 1. The summed E-state index contributed by atoms with van der Waals surface area (Å²) in [6.45, 7) is 0. The topological polar surface area (TPSA) is 55.1 Å². The van der Waals surface area contributed by atoms with Gasteiger partial charge in [0.1, 0.15) is 11.3 Å². The first kappa shape index (κ1) is 17.9. The zero-order valence-corrected chi connectivity index (χ0v) is 16.6. The van der Waals surface area contributed by atoms with Crippen LogP contribution in [0.3, 0.4) is 0 Å². The Labute approximate surface area is 172 Å². The van der Waals surface area contributed by atoms with Crippen molar-refractivity contribution in [3.05, 3.63) is 80.6 Å². The van der Waals surface area contributed by atoms with Gasteiger partial charge in [0.25, 0.3) is 5.91 Å². The van der Waals surface area contributed by atoms with Crippen LogP contribution in [0.1, 0.15) is 10.4 Å². The fraction of sp³-hybridized carbons (Fsp3) is 0. The van der Waals surface area contributed by atoms with Crippen LogP contribution in [0.5, 0.6) is 0 Å². The van der Waals surface area contributed by atoms with Crippen molar-refractivity contribution < 1.29 is 13.6 Å². The molecule has 1 heterocycles. The summed E-state index contributed by atoms with van der Waals surface area (Å²) in [5.74, 6) is -0.547. The molecule has 0 radical (unpaired) electrons. The van der Waals surface area contributed by atoms with Crippen LogP contribution < -0.4 is 5.32 Å². The van der Waals surface area contributed by atoms with Crippen LogP contribution in [0.25, 0.3) is 22.6 Å². The van der Waals surface area contributed by atoms with Crippen LogP contribution in [-0.2, 0) is 0 Å². The van der Waals surface area contributed by atoms with E-state index in [1.165, 1.54) is 6.07 Å². The highest BCUT2D eigenvalue weighted by Crippen LogP contribution is 2.28. The number of aromatic nitrogens is 1. The summed E-state index contributed by atoms with van der Waals surface area (Å²) in [5.41, 5.74) is 2.22. The molecule has 1 amide bonds. The van der Waals surface area contributed by atoms with Gasteiger partial charge in [0, 0.05) is 9.26 Å². The molecule has 0 unspecified atom stereocenters. The van der Waals surface area contributed by atoms with Crippen LogP contribution in [0.15, 0.2) is 65.1 Å². The quantitative estimate of drug-likeness (QED) is 0.349. The van der Waals surface area contributed by atoms with Crippen LogP contribution in [0, 0.1) is 9.39 Å². The van der Waals surface area contributed by atoms with Crippen molar-refractivity contribution in [3.63, 3.8) is 0 Å². The van der Waals surface area contributed by atoms with Crippen LogP contribution in [-0.4, -0.2) is 10.9 Å². The van der Waals surface area contributed by atoms with E-state index in [4.69, 9.17) is 16.0 Å². The second-order valence-electron chi connectivity index (χ2n) is 5.76. The number of nitrogens with one attached hydrogen (secondary N) is 1. The molecule has 4 aromatic rings. The number of anilines is 1. The fourth-order valence-electron chi connectivity index (χ4n) is 2.62. The number of halogens is 3. The van der Waals surface area contributed by atoms with Gasteiger partial charge in [-0.25, -0.2) is 9.37 Å². The third-order valence-corrected chi connectivity index (χ3v) is 4.92. The zero-order valence-electron chi connectivity index (χ0n) is 13.7. The summed E-state index contributed by atoms with van der Waals surface area (Å²) in [6.07, 6.45) is 0. The average Bonchev–Trinajstić information content (AvgIpc) is 3.07. The number of carbonyl (C=O) groups is 1. The predicted octanol–water partition coefficient (Wildman–Crippen LogP) is 6.14. The molecule has 0 saturated carbocycles. The Balaban J connectivity index is 1.65. The summed E-state index contributed by atoms with van der Waals surface area (Å²) < 4.78 is 20.5. The maximum Gasteiger partial charge on any atom is 0.257 e. The van der Waals surface area contributed by atoms with Gasteiger partial charge in [-0.1, -0.05) is 23.7 Å². The molecular weight excluding hydrogens is 482 g/mol. The van der Waals surface area contributed by atoms with Gasteiger partial charge in [-0.2, -0.15) is 0 Å². The number of rotatable bonds is 3. The van der Waals surface area contributed by atoms with Crippen molar-refractivity contribution in [1.82, 2.24) is 4.98 Å². The van der Waals surface area contributed by atoms with E-state index in [0.717, 1.165) is 3.57 Å². The van der Waals surface area contributed by atoms with Crippen molar-refractivity contribution in [2.45, 2.75) is 0 Å². The molecule has 0 bridgehead atoms. The number of hydrogen-bond acceptors (Lipinski definition) is 3. The highest BCUT2D eigenvalue weighted by molar-refractivity contribution is 14.1. The molecule has 7 heteroatoms. The van der Waals surface area contributed by atoms with E-state index in [1.54, 1.807) is 48.5 Å². The van der Waals surface area contributed by atoms with E-state index in [9.17, 15) is 9.18 Å². The van der Waals surface area contributed by atoms with E-state index in [2.05, 4.69) is 32.9 Å². The maximum atomic E-state index is 13.9. The zero-order chi connectivity index (χ0) is 19.0. The first-order valence-corrected chi connectivity index (χ1v) is 9.39. The Hall–Kier alpha value is -2.45. The van der Waals surface area contributed by atoms with Gasteiger partial charge in [-0.15, -0.1) is 0 Å². The molecule has 4 rings (SSSR count). The number of hydrogen-bond donors (Lipinski definition) is 1. The SMILES string of the molecule is O=C(Nc1ccc2oc(-c3ccccc3F)nc2c1)c1cc(I)ccc1Cl. The Morgan fingerprint density at radius 3 is 2.74 bits per heavy atom. The van der Waals surface area contributed by atoms with Crippen molar-refractivity contribution in [2.24, 2.45) is 0 Å². The number of amides is 1. The molecule has 3 aromatic carbocycles. The van der Waals surface area contributed by atoms with Crippen molar-refractivity contribution >= 4 is 56.9 Å². The third-order valence-electron chi connectivity index (χ3n) is 3.92. The van der Waals surface area contributed by atoms with E-state index < -0.39 is 5.82 Å². The molecular formula is C20H11ClFIN2O2. The summed E-state index contributed by atoms with van der Waals surface area (Å²) in [6, 6.07) is 16.5. The van der Waals surface area contributed by atoms with Crippen LogP contribution >= 0.6 is 34.2 Å². The van der Waals surface area contributed by atoms with Crippen molar-refractivity contribution in [1.29, 1.82) is 0 Å². The van der Waals surface area contributed by atoms with Crippen molar-refractivity contribution in [2.75, 3.05) is 5.32 Å². The molecule has 0 fully saturated rings. The minimum atomic E-state index is -0.411. The maximum absolute atomic E-state index is 13.9. The van der Waals surface area contributed by atoms with Gasteiger partial charge >= 0.3 is 0 Å². The molecule has 1 aromatic heterocycles. The molecule has 0 atom stereocenters. The smallest absolute Gasteiger partial charge is 0.257 e. The molecule has 0 saturated heterocycles. The Bertz CT molecular complexity index is 1180. The van der Waals surface area contributed by atoms with Crippen LogP contribution in [0.2, 0.25) is 5.02 Å². The Morgan fingerprint density at radius 2 is 1.93 bits per heavy atom. The second-order valence-corrected chi connectivity index (χ2v) is 7.41. The summed E-state index contributed by atoms with van der Waals surface area (Å²) >= 11 is 8.23. The van der Waals surface area contributed by atoms with Crippen LogP contribution in [0.4, 0.5) is 10.1 Å². The molecule has 0 aliphatic carbocycles. The largest absolute Gasteiger partial charge is 0.436 e. The third kappa shape index (κ3) is 3.68. The van der Waals surface area contributed by atoms with Gasteiger partial charge in [0.15, 0.2) is 5.58 Å². The molecule has 27 heavy (non-hydrogen) atoms. The predicted molar refractivity (Wildman–Crippen MR) is 112 cm³/mol. The number of fused-ring (bicyclic) bond motifs is 1. The van der Waals surface area contributed by atoms with E-state index in [1.807, 2.05) is 6.07 Å². The standard InChI is InChI=1S/C20H11ClFIN2O2/c21-15-7-5-11(23)9-14(15)19(26)24-12-6-8-18-17(10-12)25-20(27-18)13-3-1-2-4-16(13)22/h1-10H,(H,24,26). The molecule has 0 spiro atoms. The van der Waals surface area contributed by atoms with Gasteiger partial charge < -0.3 is 9.73 Å². The number of carbonyl (C=O) groups excluding carboxylic acids is 1. The lowest BCUT2D eigenvalue weighted by Crippen LogP contribution is -2.12. The van der Waals surface area contributed by atoms with E-state index in [-0.39, 0.29) is 17.4 Å². The molecule has 0 aliphatic rings. The monoisotopic (exact) mass is 492 g/mol. The summed E-state index contributed by atoms with van der Waals surface area (Å²) in [5, 5.41) is 3.17. The minimum absolute atomic E-state index is 0.187. The summed E-state index contributed by atoms with van der Waals surface area (Å²) in [7, 11) is 0. The highest BCUT2D eigenvalue weighted by Gasteiger charge is 2.14. The average molecular weight is 493 g/mol. The molecule has 1 N–H and O–H groups in total. The lowest BCUT2D eigenvalue weighted by atomic mass is 10.2. The Morgan fingerprint density at radius 1 is 1.11 bits per heavy atom. The first-order valence-electron chi connectivity index (χ1n) is 7.93. The van der Waals surface area contributed by atoms with Gasteiger partial charge in [0.2, 0.25) is 5.89 Å². The fourth-order valence-corrected chi connectivity index (χ4v) is 3.32.